The fraction of sp³-hybridized carbons (Fsp3) is 0. The maximum atomic E-state index is 8.08. The highest BCUT2D eigenvalue weighted by Gasteiger charge is 2.18. The first-order valence-electron chi connectivity index (χ1n) is 18.2. The van der Waals surface area contributed by atoms with Gasteiger partial charge in [-0.3, -0.25) is 0 Å². The lowest BCUT2D eigenvalue weighted by atomic mass is 10.0. The van der Waals surface area contributed by atoms with Crippen molar-refractivity contribution in [2.45, 2.75) is 0 Å². The van der Waals surface area contributed by atoms with Gasteiger partial charge in [0.15, 0.2) is 11.4 Å². The third-order valence-corrected chi connectivity index (χ3v) is 11.0. The Balaban J connectivity index is 1.09. The summed E-state index contributed by atoms with van der Waals surface area (Å²) >= 11 is 0. The van der Waals surface area contributed by atoms with Gasteiger partial charge in [-0.2, -0.15) is 0 Å². The highest BCUT2D eigenvalue weighted by atomic mass is 15.0. The van der Waals surface area contributed by atoms with Crippen LogP contribution in [0, 0.1) is 13.1 Å². The molecule has 0 atom stereocenters. The second-order valence-corrected chi connectivity index (χ2v) is 14.0. The Labute approximate surface area is 316 Å². The predicted molar refractivity (Wildman–Crippen MR) is 227 cm³/mol. The number of aromatic nitrogens is 3. The van der Waals surface area contributed by atoms with Crippen molar-refractivity contribution < 1.29 is 0 Å². The van der Waals surface area contributed by atoms with Crippen molar-refractivity contribution in [3.05, 3.63) is 199 Å². The van der Waals surface area contributed by atoms with E-state index in [9.17, 15) is 0 Å². The Kier molecular flexibility index (Phi) is 6.61. The molecule has 0 spiro atoms. The van der Waals surface area contributed by atoms with Gasteiger partial charge >= 0.3 is 0 Å². The van der Waals surface area contributed by atoms with Gasteiger partial charge in [-0.1, -0.05) is 97.1 Å². The number of benzene rings is 8. The maximum Gasteiger partial charge on any atom is 0.189 e. The zero-order valence-electron chi connectivity index (χ0n) is 29.5. The standard InChI is InChI=1S/C50H29N5/c1-51-34-22-24-43-41-16-5-9-20-47(41)55(50(43)30-34)38-28-33(26-35(29-38)52-2)32-12-11-13-36(27-32)53-48-21-10-6-17-42(48)44-31-37(23-25-49(44)53)54-45-18-7-3-14-39(45)40-15-4-8-19-46(40)54/h3-31H. The highest BCUT2D eigenvalue weighted by molar-refractivity contribution is 6.13. The second kappa shape index (κ2) is 11.8. The SMILES string of the molecule is [C-]#[N+]c1cc(-c2cccc(-n3c4ccccc4c4cc(-n5c6ccccc6c6ccccc65)ccc43)c2)cc(-n2c3ccccc3c3ccc([N+]#[C-])cc32)c1. The topological polar surface area (TPSA) is 23.5 Å². The summed E-state index contributed by atoms with van der Waals surface area (Å²) in [5, 5.41) is 7.05. The van der Waals surface area contributed by atoms with E-state index in [4.69, 9.17) is 13.1 Å². The number of hydrogen-bond donors (Lipinski definition) is 0. The number of rotatable bonds is 4. The average molecular weight is 700 g/mol. The van der Waals surface area contributed by atoms with Gasteiger partial charge in [0.1, 0.15) is 0 Å². The van der Waals surface area contributed by atoms with Gasteiger partial charge in [0.2, 0.25) is 0 Å². The van der Waals surface area contributed by atoms with Gasteiger partial charge < -0.3 is 13.7 Å². The first-order chi connectivity index (χ1) is 27.2. The molecule has 0 aliphatic heterocycles. The summed E-state index contributed by atoms with van der Waals surface area (Å²) in [5.74, 6) is 0. The molecule has 0 saturated carbocycles. The minimum Gasteiger partial charge on any atom is -0.312 e. The smallest absolute Gasteiger partial charge is 0.189 e. The molecule has 11 aromatic rings. The molecule has 3 heterocycles. The van der Waals surface area contributed by atoms with Gasteiger partial charge in [-0.15, -0.1) is 0 Å². The predicted octanol–water partition coefficient (Wildman–Crippen LogP) is 13.7. The highest BCUT2D eigenvalue weighted by Crippen LogP contribution is 2.40. The van der Waals surface area contributed by atoms with Crippen LogP contribution < -0.4 is 0 Å². The number of para-hydroxylation sites is 4. The molecule has 0 saturated heterocycles. The minimum atomic E-state index is 0.555. The van der Waals surface area contributed by atoms with Crippen LogP contribution in [0.15, 0.2) is 176 Å². The summed E-state index contributed by atoms with van der Waals surface area (Å²) in [6, 6.07) is 61.5. The summed E-state index contributed by atoms with van der Waals surface area (Å²) in [6.45, 7) is 15.8. The van der Waals surface area contributed by atoms with Crippen molar-refractivity contribution >= 4 is 76.8 Å². The minimum absolute atomic E-state index is 0.555. The molecular weight excluding hydrogens is 671 g/mol. The number of fused-ring (bicyclic) bond motifs is 9. The largest absolute Gasteiger partial charge is 0.312 e. The van der Waals surface area contributed by atoms with E-state index in [0.717, 1.165) is 61.0 Å². The van der Waals surface area contributed by atoms with Crippen LogP contribution in [-0.2, 0) is 0 Å². The Morgan fingerprint density at radius 3 is 1.38 bits per heavy atom. The summed E-state index contributed by atoms with van der Waals surface area (Å²) in [6.07, 6.45) is 0. The fourth-order valence-electron chi connectivity index (χ4n) is 8.67. The zero-order chi connectivity index (χ0) is 36.6. The average Bonchev–Trinajstić information content (AvgIpc) is 3.88. The molecule has 0 aliphatic carbocycles. The van der Waals surface area contributed by atoms with Crippen molar-refractivity contribution in [2.24, 2.45) is 0 Å². The van der Waals surface area contributed by atoms with E-state index < -0.39 is 0 Å². The molecule has 0 amide bonds. The molecule has 5 nitrogen and oxygen atoms in total. The van der Waals surface area contributed by atoms with Crippen molar-refractivity contribution in [1.29, 1.82) is 0 Å². The van der Waals surface area contributed by atoms with Crippen LogP contribution in [0.25, 0.3) is 103 Å². The van der Waals surface area contributed by atoms with E-state index in [1.54, 1.807) is 0 Å². The van der Waals surface area contributed by atoms with E-state index in [1.807, 2.05) is 42.5 Å². The second-order valence-electron chi connectivity index (χ2n) is 14.0. The van der Waals surface area contributed by atoms with E-state index >= 15 is 0 Å². The van der Waals surface area contributed by atoms with Crippen molar-refractivity contribution in [2.75, 3.05) is 0 Å². The van der Waals surface area contributed by atoms with Crippen LogP contribution in [0.4, 0.5) is 11.4 Å². The van der Waals surface area contributed by atoms with Crippen LogP contribution in [0.3, 0.4) is 0 Å². The van der Waals surface area contributed by atoms with Crippen molar-refractivity contribution in [1.82, 2.24) is 13.7 Å². The van der Waals surface area contributed by atoms with Gasteiger partial charge in [0.25, 0.3) is 0 Å². The molecule has 8 aromatic carbocycles. The van der Waals surface area contributed by atoms with E-state index in [1.165, 1.54) is 32.6 Å². The third-order valence-electron chi connectivity index (χ3n) is 11.0. The molecule has 3 aromatic heterocycles. The van der Waals surface area contributed by atoms with Crippen LogP contribution >= 0.6 is 0 Å². The summed E-state index contributed by atoms with van der Waals surface area (Å²) in [7, 11) is 0. The Morgan fingerprint density at radius 2 is 0.782 bits per heavy atom. The van der Waals surface area contributed by atoms with E-state index in [0.29, 0.717) is 11.4 Å². The summed E-state index contributed by atoms with van der Waals surface area (Å²) in [4.78, 5) is 7.65. The Bertz CT molecular complexity index is 3420. The molecule has 0 aliphatic rings. The lowest BCUT2D eigenvalue weighted by Crippen LogP contribution is -1.97. The van der Waals surface area contributed by atoms with Gasteiger partial charge in [0, 0.05) is 54.9 Å². The van der Waals surface area contributed by atoms with Crippen LogP contribution in [0.2, 0.25) is 0 Å². The maximum absolute atomic E-state index is 8.08. The Morgan fingerprint density at radius 1 is 0.291 bits per heavy atom. The molecule has 0 bridgehead atoms. The zero-order valence-corrected chi connectivity index (χ0v) is 29.5. The van der Waals surface area contributed by atoms with Gasteiger partial charge in [0.05, 0.1) is 40.7 Å². The number of hydrogen-bond acceptors (Lipinski definition) is 0. The molecule has 11 rings (SSSR count). The molecule has 55 heavy (non-hydrogen) atoms. The quantitative estimate of drug-likeness (QED) is 0.163. The first-order valence-corrected chi connectivity index (χ1v) is 18.2. The van der Waals surface area contributed by atoms with E-state index in [-0.39, 0.29) is 0 Å². The molecular formula is C50H29N5. The summed E-state index contributed by atoms with van der Waals surface area (Å²) in [5.41, 5.74) is 12.8. The lowest BCUT2D eigenvalue weighted by Gasteiger charge is -2.14. The number of nitrogens with zero attached hydrogens (tertiary/aromatic N) is 5. The monoisotopic (exact) mass is 699 g/mol. The third kappa shape index (κ3) is 4.58. The molecule has 0 unspecified atom stereocenters. The van der Waals surface area contributed by atoms with Gasteiger partial charge in [-0.25, -0.2) is 9.69 Å². The molecule has 0 fully saturated rings. The molecule has 0 N–H and O–H groups in total. The first kappa shape index (κ1) is 30.7. The normalized spacial score (nSPS) is 11.6. The van der Waals surface area contributed by atoms with Crippen molar-refractivity contribution in [3.8, 4) is 28.2 Å². The van der Waals surface area contributed by atoms with Crippen LogP contribution in [0.5, 0.6) is 0 Å². The molecule has 5 heteroatoms. The fourth-order valence-corrected chi connectivity index (χ4v) is 8.67. The van der Waals surface area contributed by atoms with Gasteiger partial charge in [-0.05, 0) is 90.0 Å². The van der Waals surface area contributed by atoms with Crippen molar-refractivity contribution in [3.63, 3.8) is 0 Å². The lowest BCUT2D eigenvalue weighted by molar-refractivity contribution is 1.16. The summed E-state index contributed by atoms with van der Waals surface area (Å²) < 4.78 is 6.91. The van der Waals surface area contributed by atoms with Crippen LogP contribution in [0.1, 0.15) is 0 Å². The molecule has 0 radical (unpaired) electrons. The Hall–Kier alpha value is -7.86. The molecule has 254 valence electrons. The van der Waals surface area contributed by atoms with E-state index in [2.05, 4.69) is 157 Å². The van der Waals surface area contributed by atoms with Crippen LogP contribution in [-0.4, -0.2) is 13.7 Å².